The molecule has 0 aliphatic carbocycles. The summed E-state index contributed by atoms with van der Waals surface area (Å²) in [4.78, 5) is 17.0. The van der Waals surface area contributed by atoms with E-state index in [1.165, 1.54) is 0 Å². The standard InChI is InChI=1S/C6H6O.CH4N2O.CH2O.Ba.2H/c7-6-4-2-1-3-5-6;2-1(3)4;1-2;;;/h1-5,7H;(H4,2,3,4);1H2;;;/q;;;+2;2*-1. The summed E-state index contributed by atoms with van der Waals surface area (Å²) in [6.07, 6.45) is 0. The van der Waals surface area contributed by atoms with Crippen molar-refractivity contribution < 1.29 is 17.5 Å². The number of amides is 2. The SMILES string of the molecule is C=O.NC(N)=O.Oc1ccccc1.[Ba+2].[H-].[H-]. The Balaban J connectivity index is -0.0000000403. The molecule has 0 atom stereocenters. The van der Waals surface area contributed by atoms with E-state index in [1.54, 1.807) is 24.3 Å². The average molecular weight is 324 g/mol. The van der Waals surface area contributed by atoms with E-state index in [0.29, 0.717) is 5.75 Å². The quantitative estimate of drug-likeness (QED) is 0.588. The normalized spacial score (nSPS) is 6.29. The molecule has 0 fully saturated rings. The topological polar surface area (TPSA) is 106 Å². The van der Waals surface area contributed by atoms with Gasteiger partial charge in [0.1, 0.15) is 12.5 Å². The number of hydrogen-bond donors (Lipinski definition) is 3. The number of primary amides is 2. The van der Waals surface area contributed by atoms with E-state index in [2.05, 4.69) is 11.5 Å². The van der Waals surface area contributed by atoms with Gasteiger partial charge in [-0.2, -0.15) is 0 Å². The number of nitrogens with two attached hydrogens (primary N) is 2. The van der Waals surface area contributed by atoms with E-state index in [9.17, 15) is 0 Å². The number of phenolic OH excluding ortho intramolecular Hbond substituents is 1. The van der Waals surface area contributed by atoms with Crippen molar-refractivity contribution in [3.63, 3.8) is 0 Å². The molecule has 0 unspecified atom stereocenters. The molecular formula is C8H14BaN2O3. The zero-order chi connectivity index (χ0) is 10.7. The second-order valence-corrected chi connectivity index (χ2v) is 1.74. The third-order valence-corrected chi connectivity index (χ3v) is 0.756. The molecule has 0 aliphatic heterocycles. The molecule has 0 bridgehead atoms. The Morgan fingerprint density at radius 2 is 1.50 bits per heavy atom. The maximum atomic E-state index is 9.00. The van der Waals surface area contributed by atoms with Crippen molar-refractivity contribution in [2.45, 2.75) is 0 Å². The molecule has 5 N–H and O–H groups in total. The zero-order valence-corrected chi connectivity index (χ0v) is 12.2. The Labute approximate surface area is 126 Å². The van der Waals surface area contributed by atoms with Crippen molar-refractivity contribution in [2.75, 3.05) is 0 Å². The van der Waals surface area contributed by atoms with Crippen molar-refractivity contribution in [2.24, 2.45) is 11.5 Å². The predicted molar refractivity (Wildman–Crippen MR) is 57.0 cm³/mol. The van der Waals surface area contributed by atoms with Gasteiger partial charge in [0.2, 0.25) is 0 Å². The molecule has 0 aromatic heterocycles. The summed E-state index contributed by atoms with van der Waals surface area (Å²) in [5.41, 5.74) is 8.50. The Morgan fingerprint density at radius 3 is 1.64 bits per heavy atom. The molecule has 0 saturated carbocycles. The number of benzene rings is 1. The minimum absolute atomic E-state index is 0. The molecule has 1 aromatic carbocycles. The third-order valence-electron chi connectivity index (χ3n) is 0.756. The molecule has 0 heterocycles. The van der Waals surface area contributed by atoms with Gasteiger partial charge in [0.15, 0.2) is 0 Å². The minimum atomic E-state index is -0.833. The fourth-order valence-corrected chi connectivity index (χ4v) is 0.428. The van der Waals surface area contributed by atoms with E-state index in [-0.39, 0.29) is 51.7 Å². The van der Waals surface area contributed by atoms with Crippen molar-refractivity contribution in [1.82, 2.24) is 0 Å². The maximum absolute atomic E-state index is 9.00. The van der Waals surface area contributed by atoms with Gasteiger partial charge in [-0.15, -0.1) is 0 Å². The molecular weight excluding hydrogens is 309 g/mol. The number of urea groups is 1. The van der Waals surface area contributed by atoms with Gasteiger partial charge in [0.25, 0.3) is 0 Å². The molecule has 1 rings (SSSR count). The van der Waals surface area contributed by atoms with Crippen LogP contribution in [0.3, 0.4) is 0 Å². The van der Waals surface area contributed by atoms with Crippen molar-refractivity contribution in [1.29, 1.82) is 0 Å². The number of para-hydroxylation sites is 1. The molecule has 0 radical (unpaired) electrons. The fraction of sp³-hybridized carbons (Fsp3) is 0. The molecule has 0 aliphatic rings. The summed E-state index contributed by atoms with van der Waals surface area (Å²) in [5, 5.41) is 8.63. The van der Waals surface area contributed by atoms with E-state index < -0.39 is 6.03 Å². The molecule has 0 saturated heterocycles. The molecule has 0 spiro atoms. The molecule has 2 amide bonds. The summed E-state index contributed by atoms with van der Waals surface area (Å²) in [5.74, 6) is 0.322. The molecule has 76 valence electrons. The van der Waals surface area contributed by atoms with Crippen LogP contribution in [-0.4, -0.2) is 66.8 Å². The van der Waals surface area contributed by atoms with Crippen LogP contribution in [0, 0.1) is 0 Å². The second kappa shape index (κ2) is 15.0. The summed E-state index contributed by atoms with van der Waals surface area (Å²) >= 11 is 0. The fourth-order valence-electron chi connectivity index (χ4n) is 0.428. The largest absolute Gasteiger partial charge is 2.00 e. The number of aromatic hydroxyl groups is 1. The van der Waals surface area contributed by atoms with Crippen molar-refractivity contribution in [3.8, 4) is 5.75 Å². The smallest absolute Gasteiger partial charge is 1.00 e. The van der Waals surface area contributed by atoms with Gasteiger partial charge in [-0.3, -0.25) is 0 Å². The van der Waals surface area contributed by atoms with E-state index >= 15 is 0 Å². The average Bonchev–Trinajstić information content (AvgIpc) is 2.08. The Morgan fingerprint density at radius 1 is 1.21 bits per heavy atom. The van der Waals surface area contributed by atoms with Gasteiger partial charge in [-0.05, 0) is 12.1 Å². The van der Waals surface area contributed by atoms with Crippen molar-refractivity contribution >= 4 is 61.7 Å². The summed E-state index contributed by atoms with van der Waals surface area (Å²) < 4.78 is 0. The second-order valence-electron chi connectivity index (χ2n) is 1.74. The Bertz CT molecular complexity index is 236. The van der Waals surface area contributed by atoms with Gasteiger partial charge >= 0.3 is 54.9 Å². The number of hydrogen-bond acceptors (Lipinski definition) is 3. The number of carbonyl (C=O) groups excluding carboxylic acids is 2. The molecule has 6 heteroatoms. The first-order valence-electron chi connectivity index (χ1n) is 3.20. The first-order chi connectivity index (χ1) is 6.13. The van der Waals surface area contributed by atoms with E-state index in [1.807, 2.05) is 12.9 Å². The van der Waals surface area contributed by atoms with Crippen LogP contribution < -0.4 is 11.5 Å². The van der Waals surface area contributed by atoms with Crippen LogP contribution in [0.2, 0.25) is 0 Å². The first kappa shape index (κ1) is 19.2. The van der Waals surface area contributed by atoms with E-state index in [0.717, 1.165) is 0 Å². The van der Waals surface area contributed by atoms with E-state index in [4.69, 9.17) is 14.7 Å². The van der Waals surface area contributed by atoms with Gasteiger partial charge in [-0.25, -0.2) is 4.79 Å². The van der Waals surface area contributed by atoms with Crippen LogP contribution in [0.1, 0.15) is 2.85 Å². The van der Waals surface area contributed by atoms with Crippen LogP contribution in [0.4, 0.5) is 4.79 Å². The van der Waals surface area contributed by atoms with Crippen molar-refractivity contribution in [3.05, 3.63) is 30.3 Å². The van der Waals surface area contributed by atoms with Crippen LogP contribution in [-0.2, 0) is 4.79 Å². The van der Waals surface area contributed by atoms with Crippen LogP contribution in [0.15, 0.2) is 30.3 Å². The molecule has 5 nitrogen and oxygen atoms in total. The molecule has 14 heavy (non-hydrogen) atoms. The number of carbonyl (C=O) groups is 2. The van der Waals surface area contributed by atoms with Gasteiger partial charge < -0.3 is 24.2 Å². The summed E-state index contributed by atoms with van der Waals surface area (Å²) in [6.45, 7) is 2.00. The minimum Gasteiger partial charge on any atom is -1.00 e. The maximum Gasteiger partial charge on any atom is 2.00 e. The van der Waals surface area contributed by atoms with Crippen LogP contribution in [0.25, 0.3) is 0 Å². The van der Waals surface area contributed by atoms with Crippen LogP contribution in [0.5, 0.6) is 5.75 Å². The Kier molecular flexibility index (Phi) is 20.6. The first-order valence-corrected chi connectivity index (χ1v) is 3.20. The van der Waals surface area contributed by atoms with Gasteiger partial charge in [0.05, 0.1) is 0 Å². The Hall–Kier alpha value is -0.469. The summed E-state index contributed by atoms with van der Waals surface area (Å²) in [7, 11) is 0. The number of rotatable bonds is 0. The third kappa shape index (κ3) is 22.5. The van der Waals surface area contributed by atoms with Crippen LogP contribution >= 0.6 is 0 Å². The number of phenols is 1. The zero-order valence-electron chi connectivity index (χ0n) is 9.72. The molecule has 1 aromatic rings. The van der Waals surface area contributed by atoms with Gasteiger partial charge in [0, 0.05) is 0 Å². The monoisotopic (exact) mass is 324 g/mol. The predicted octanol–water partition coefficient (Wildman–Crippen LogP) is 0.0753. The van der Waals surface area contributed by atoms with Gasteiger partial charge in [-0.1, -0.05) is 18.2 Å². The summed E-state index contributed by atoms with van der Waals surface area (Å²) in [6, 6.07) is 7.88.